The van der Waals surface area contributed by atoms with Crippen LogP contribution in [0.4, 0.5) is 4.79 Å². The van der Waals surface area contributed by atoms with E-state index in [1.807, 2.05) is 6.92 Å². The van der Waals surface area contributed by atoms with Crippen molar-refractivity contribution in [2.45, 2.75) is 39.7 Å². The van der Waals surface area contributed by atoms with Crippen molar-refractivity contribution in [3.63, 3.8) is 0 Å². The van der Waals surface area contributed by atoms with Gasteiger partial charge >= 0.3 is 6.09 Å². The van der Waals surface area contributed by atoms with Crippen LogP contribution in [0.2, 0.25) is 0 Å². The van der Waals surface area contributed by atoms with E-state index in [1.165, 1.54) is 4.90 Å². The fraction of sp³-hybridized carbons (Fsp3) is 0.471. The first kappa shape index (κ1) is 9.22. The third-order valence-corrected chi connectivity index (χ3v) is 2.87. The highest BCUT2D eigenvalue weighted by Crippen LogP contribution is 2.28. The molecule has 3 heteroatoms. The van der Waals surface area contributed by atoms with Crippen LogP contribution in [0.15, 0.2) is 36.3 Å². The molecule has 1 aromatic carbocycles. The molecule has 0 radical (unpaired) electrons. The number of hydrogen-bond donors (Lipinski definition) is 0. The first-order valence-electron chi connectivity index (χ1n) is 9.22. The highest BCUT2D eigenvalue weighted by Gasteiger charge is 2.29. The fourth-order valence-electron chi connectivity index (χ4n) is 2.01. The normalized spacial score (nSPS) is 23.0. The Labute approximate surface area is 128 Å². The minimum Gasteiger partial charge on any atom is -0.443 e. The quantitative estimate of drug-likeness (QED) is 0.766. The van der Waals surface area contributed by atoms with Gasteiger partial charge in [-0.15, -0.1) is 0 Å². The highest BCUT2D eigenvalue weighted by molar-refractivity contribution is 5.82. The highest BCUT2D eigenvalue weighted by atomic mass is 16.6. The Bertz CT molecular complexity index is 711. The van der Waals surface area contributed by atoms with Crippen LogP contribution in [0.3, 0.4) is 0 Å². The Hall–Kier alpha value is -1.77. The lowest BCUT2D eigenvalue weighted by Crippen LogP contribution is -2.39. The molecular formula is C17H23NO2. The molecule has 3 nitrogen and oxygen atoms in total. The zero-order valence-electron chi connectivity index (χ0n) is 17.3. The van der Waals surface area contributed by atoms with Crippen LogP contribution in [-0.4, -0.2) is 23.1 Å². The number of ether oxygens (including phenoxy) is 1. The second-order valence-electron chi connectivity index (χ2n) is 6.02. The molecular weight excluding hydrogens is 250 g/mol. The Morgan fingerprint density at radius 2 is 2.00 bits per heavy atom. The number of hydrogen-bond acceptors (Lipinski definition) is 2. The Morgan fingerprint density at radius 3 is 2.60 bits per heavy atom. The molecule has 1 atom stereocenters. The molecule has 0 fully saturated rings. The van der Waals surface area contributed by atoms with Crippen molar-refractivity contribution in [1.82, 2.24) is 4.90 Å². The van der Waals surface area contributed by atoms with Crippen LogP contribution in [0.1, 0.15) is 46.5 Å². The maximum absolute atomic E-state index is 12.6. The summed E-state index contributed by atoms with van der Waals surface area (Å²) < 4.78 is 45.1. The molecule has 0 N–H and O–H groups in total. The SMILES string of the molecule is [2H]c1c([2H])c([2H])c(C2=CC[C@H](C)CN2C(=O)OC(C)(C)C)c([2H])c1[2H]. The molecule has 0 aromatic heterocycles. The zero-order valence-corrected chi connectivity index (χ0v) is 12.3. The lowest BCUT2D eigenvalue weighted by molar-refractivity contribution is 0.0327. The van der Waals surface area contributed by atoms with Gasteiger partial charge in [0.25, 0.3) is 0 Å². The average molecular weight is 278 g/mol. The van der Waals surface area contributed by atoms with E-state index < -0.39 is 29.8 Å². The minimum absolute atomic E-state index is 0.0313. The lowest BCUT2D eigenvalue weighted by Gasteiger charge is -2.33. The summed E-state index contributed by atoms with van der Waals surface area (Å²) in [5, 5.41) is 0. The number of allylic oxidation sites excluding steroid dienone is 1. The van der Waals surface area contributed by atoms with E-state index in [0.29, 0.717) is 18.7 Å². The van der Waals surface area contributed by atoms with E-state index in [0.717, 1.165) is 0 Å². The van der Waals surface area contributed by atoms with E-state index in [1.54, 1.807) is 26.8 Å². The summed E-state index contributed by atoms with van der Waals surface area (Å²) in [6, 6.07) is -1.92. The van der Waals surface area contributed by atoms with Gasteiger partial charge in [0.2, 0.25) is 0 Å². The van der Waals surface area contributed by atoms with E-state index in [-0.39, 0.29) is 23.6 Å². The molecule has 20 heavy (non-hydrogen) atoms. The summed E-state index contributed by atoms with van der Waals surface area (Å²) >= 11 is 0. The van der Waals surface area contributed by atoms with Crippen LogP contribution in [0, 0.1) is 5.92 Å². The molecule has 0 spiro atoms. The molecule has 1 heterocycles. The number of amides is 1. The number of carbonyl (C=O) groups excluding carboxylic acids is 1. The van der Waals surface area contributed by atoms with Gasteiger partial charge in [-0.2, -0.15) is 0 Å². The molecule has 0 bridgehead atoms. The molecule has 108 valence electrons. The Kier molecular flexibility index (Phi) is 2.62. The smallest absolute Gasteiger partial charge is 0.414 e. The van der Waals surface area contributed by atoms with E-state index in [9.17, 15) is 4.79 Å². The van der Waals surface area contributed by atoms with E-state index >= 15 is 0 Å². The van der Waals surface area contributed by atoms with Gasteiger partial charge in [-0.3, -0.25) is 4.90 Å². The van der Waals surface area contributed by atoms with Crippen LogP contribution in [0.5, 0.6) is 0 Å². The van der Waals surface area contributed by atoms with Gasteiger partial charge in [0.1, 0.15) is 5.60 Å². The van der Waals surface area contributed by atoms with Crippen molar-refractivity contribution < 1.29 is 16.4 Å². The van der Waals surface area contributed by atoms with Crippen molar-refractivity contribution >= 4 is 11.8 Å². The third-order valence-electron chi connectivity index (χ3n) is 2.87. The van der Waals surface area contributed by atoms with E-state index in [2.05, 4.69) is 0 Å². The molecule has 1 aliphatic heterocycles. The maximum Gasteiger partial charge on any atom is 0.414 e. The van der Waals surface area contributed by atoms with Gasteiger partial charge in [-0.05, 0) is 38.7 Å². The van der Waals surface area contributed by atoms with Gasteiger partial charge < -0.3 is 4.74 Å². The van der Waals surface area contributed by atoms with Crippen LogP contribution in [0.25, 0.3) is 5.70 Å². The summed E-state index contributed by atoms with van der Waals surface area (Å²) in [6.07, 6.45) is 1.81. The van der Waals surface area contributed by atoms with Crippen molar-refractivity contribution in [1.29, 1.82) is 0 Å². The fourth-order valence-corrected chi connectivity index (χ4v) is 2.01. The van der Waals surface area contributed by atoms with Gasteiger partial charge in [0, 0.05) is 6.54 Å². The zero-order chi connectivity index (χ0) is 19.1. The van der Waals surface area contributed by atoms with Gasteiger partial charge in [0.15, 0.2) is 0 Å². The molecule has 0 saturated carbocycles. The van der Waals surface area contributed by atoms with Gasteiger partial charge in [0.05, 0.1) is 12.6 Å². The van der Waals surface area contributed by atoms with Crippen LogP contribution < -0.4 is 0 Å². The summed E-state index contributed by atoms with van der Waals surface area (Å²) in [6.45, 7) is 7.61. The standard InChI is InChI=1S/C17H23NO2/c1-13-10-11-15(14-8-6-5-7-9-14)18(12-13)16(19)20-17(2,3)4/h5-9,11,13H,10,12H2,1-4H3/t13-/m0/s1/i5D,6D,7D,8D,9D. The summed E-state index contributed by atoms with van der Waals surface area (Å²) in [7, 11) is 0. The molecule has 2 rings (SSSR count). The second-order valence-corrected chi connectivity index (χ2v) is 6.02. The predicted molar refractivity (Wildman–Crippen MR) is 81.1 cm³/mol. The average Bonchev–Trinajstić information content (AvgIpc) is 2.50. The first-order chi connectivity index (χ1) is 11.4. The van der Waals surface area contributed by atoms with Gasteiger partial charge in [-0.1, -0.05) is 43.2 Å². The third kappa shape index (κ3) is 3.62. The monoisotopic (exact) mass is 278 g/mol. The largest absolute Gasteiger partial charge is 0.443 e. The summed E-state index contributed by atoms with van der Waals surface area (Å²) in [4.78, 5) is 14.0. The molecule has 0 aliphatic carbocycles. The topological polar surface area (TPSA) is 29.5 Å². The van der Waals surface area contributed by atoms with Crippen molar-refractivity contribution in [3.05, 3.63) is 41.9 Å². The maximum atomic E-state index is 12.6. The number of benzene rings is 1. The molecule has 1 aromatic rings. The van der Waals surface area contributed by atoms with Gasteiger partial charge in [-0.25, -0.2) is 4.79 Å². The number of carbonyl (C=O) groups is 1. The van der Waals surface area contributed by atoms with Crippen molar-refractivity contribution in [3.8, 4) is 0 Å². The minimum atomic E-state index is -0.692. The molecule has 1 aliphatic rings. The molecule has 0 saturated heterocycles. The van der Waals surface area contributed by atoms with E-state index in [4.69, 9.17) is 11.6 Å². The second kappa shape index (κ2) is 5.70. The lowest BCUT2D eigenvalue weighted by atomic mass is 9.98. The van der Waals surface area contributed by atoms with Crippen LogP contribution in [-0.2, 0) is 4.74 Å². The van der Waals surface area contributed by atoms with Crippen LogP contribution >= 0.6 is 0 Å². The van der Waals surface area contributed by atoms with Crippen molar-refractivity contribution in [2.75, 3.05) is 6.54 Å². The summed E-state index contributed by atoms with van der Waals surface area (Å²) in [5.74, 6) is 0.182. The predicted octanol–water partition coefficient (Wildman–Crippen LogP) is 4.30. The number of nitrogens with zero attached hydrogens (tertiary/aromatic N) is 1. The Morgan fingerprint density at radius 1 is 1.35 bits per heavy atom. The summed E-state index contributed by atoms with van der Waals surface area (Å²) in [5.41, 5.74) is -0.351. The first-order valence-corrected chi connectivity index (χ1v) is 6.72. The number of rotatable bonds is 1. The van der Waals surface area contributed by atoms with Crippen molar-refractivity contribution in [2.24, 2.45) is 5.92 Å². The molecule has 0 unspecified atom stereocenters. The Balaban J connectivity index is 2.58. The molecule has 1 amide bonds.